The Morgan fingerprint density at radius 3 is 2.47 bits per heavy atom. The van der Waals surface area contributed by atoms with E-state index in [1.54, 1.807) is 7.05 Å². The van der Waals surface area contributed by atoms with Gasteiger partial charge in [-0.2, -0.15) is 0 Å². The SMILES string of the molecule is Cn1c(=O)c2[n-]c(Br)nc2n(C)c1=O.[K+]. The second-order valence-corrected chi connectivity index (χ2v) is 3.58. The molecule has 0 saturated heterocycles. The van der Waals surface area contributed by atoms with Crippen LogP contribution in [0.5, 0.6) is 0 Å². The van der Waals surface area contributed by atoms with Crippen LogP contribution in [0.4, 0.5) is 0 Å². The molecule has 2 aromatic rings. The van der Waals surface area contributed by atoms with Gasteiger partial charge in [-0.3, -0.25) is 13.9 Å². The summed E-state index contributed by atoms with van der Waals surface area (Å²) in [6, 6.07) is 0. The van der Waals surface area contributed by atoms with Crippen molar-refractivity contribution in [1.29, 1.82) is 0 Å². The van der Waals surface area contributed by atoms with E-state index in [1.165, 1.54) is 11.6 Å². The van der Waals surface area contributed by atoms with Crippen molar-refractivity contribution in [1.82, 2.24) is 19.1 Å². The first-order chi connectivity index (χ1) is 6.52. The van der Waals surface area contributed by atoms with E-state index in [4.69, 9.17) is 0 Å². The normalized spacial score (nSPS) is 10.3. The van der Waals surface area contributed by atoms with E-state index in [0.29, 0.717) is 10.4 Å². The Balaban J connectivity index is 0.00000112. The van der Waals surface area contributed by atoms with Crippen LogP contribution in [0.2, 0.25) is 0 Å². The molecule has 0 spiro atoms. The number of aryl methyl sites for hydroxylation is 1. The monoisotopic (exact) mass is 296 g/mol. The zero-order valence-electron chi connectivity index (χ0n) is 8.48. The van der Waals surface area contributed by atoms with Crippen molar-refractivity contribution < 1.29 is 51.4 Å². The van der Waals surface area contributed by atoms with Gasteiger partial charge in [-0.1, -0.05) is 15.9 Å². The maximum absolute atomic E-state index is 11.5. The third kappa shape index (κ3) is 2.06. The molecule has 0 aromatic carbocycles. The van der Waals surface area contributed by atoms with Crippen LogP contribution in [0, 0.1) is 0 Å². The van der Waals surface area contributed by atoms with Crippen LogP contribution >= 0.6 is 15.9 Å². The number of imidazole rings is 1. The average molecular weight is 297 g/mol. The first kappa shape index (κ1) is 13.3. The van der Waals surface area contributed by atoms with Crippen LogP contribution < -0.4 is 67.6 Å². The van der Waals surface area contributed by atoms with E-state index in [-0.39, 0.29) is 56.9 Å². The second kappa shape index (κ2) is 4.64. The summed E-state index contributed by atoms with van der Waals surface area (Å²) >= 11 is 3.06. The standard InChI is InChI=1S/C7H7BrN4O2.K/c1-11-4-3(9-6(8)10-4)5(13)12(2)7(11)14;/h1-2H3,(H,9,10,13);/q;+1/p-1. The number of fused-ring (bicyclic) bond motifs is 1. The third-order valence-corrected chi connectivity index (χ3v) is 2.37. The molecule has 0 N–H and O–H groups in total. The molecule has 15 heavy (non-hydrogen) atoms. The minimum absolute atomic E-state index is 0. The van der Waals surface area contributed by atoms with Crippen molar-refractivity contribution in [2.24, 2.45) is 14.1 Å². The summed E-state index contributed by atoms with van der Waals surface area (Å²) in [6.45, 7) is 0. The molecule has 0 saturated carbocycles. The molecule has 2 heterocycles. The number of rotatable bonds is 0. The van der Waals surface area contributed by atoms with Gasteiger partial charge in [-0.25, -0.2) is 4.79 Å². The zero-order valence-corrected chi connectivity index (χ0v) is 13.2. The number of aromatic nitrogens is 4. The van der Waals surface area contributed by atoms with Crippen molar-refractivity contribution in [3.8, 4) is 0 Å². The van der Waals surface area contributed by atoms with Gasteiger partial charge in [0, 0.05) is 25.3 Å². The molecule has 74 valence electrons. The molecule has 0 fully saturated rings. The molecule has 6 nitrogen and oxygen atoms in total. The zero-order chi connectivity index (χ0) is 10.5. The van der Waals surface area contributed by atoms with Crippen LogP contribution in [0.1, 0.15) is 0 Å². The first-order valence-electron chi connectivity index (χ1n) is 3.78. The fourth-order valence-electron chi connectivity index (χ4n) is 1.25. The quantitative estimate of drug-likeness (QED) is 0.371. The Bertz CT molecular complexity index is 626. The summed E-state index contributed by atoms with van der Waals surface area (Å²) in [6.07, 6.45) is 0. The molecule has 0 unspecified atom stereocenters. The predicted molar refractivity (Wildman–Crippen MR) is 53.2 cm³/mol. The van der Waals surface area contributed by atoms with E-state index in [0.717, 1.165) is 4.57 Å². The number of hydrogen-bond donors (Lipinski definition) is 0. The van der Waals surface area contributed by atoms with Gasteiger partial charge in [-0.05, 0) is 4.73 Å². The average Bonchev–Trinajstić information content (AvgIpc) is 2.54. The Labute approximate surface area is 135 Å². The predicted octanol–water partition coefficient (Wildman–Crippen LogP) is -3.64. The summed E-state index contributed by atoms with van der Waals surface area (Å²) in [5, 5.41) is 0. The van der Waals surface area contributed by atoms with E-state index < -0.39 is 11.2 Å². The molecule has 2 aromatic heterocycles. The van der Waals surface area contributed by atoms with Gasteiger partial charge in [-0.15, -0.1) is 0 Å². The summed E-state index contributed by atoms with van der Waals surface area (Å²) in [5.74, 6) is 0. The third-order valence-electron chi connectivity index (χ3n) is 2.01. The molecule has 0 aliphatic rings. The molecule has 0 aliphatic carbocycles. The van der Waals surface area contributed by atoms with Crippen LogP contribution in [-0.4, -0.2) is 14.1 Å². The molecular formula is C7H6BrKN4O2. The van der Waals surface area contributed by atoms with Gasteiger partial charge in [0.25, 0.3) is 5.56 Å². The fraction of sp³-hybridized carbons (Fsp3) is 0.286. The fourth-order valence-corrected chi connectivity index (χ4v) is 1.59. The van der Waals surface area contributed by atoms with Crippen LogP contribution in [0.15, 0.2) is 14.3 Å². The molecule has 0 atom stereocenters. The van der Waals surface area contributed by atoms with E-state index in [9.17, 15) is 9.59 Å². The Kier molecular flexibility index (Phi) is 4.12. The van der Waals surface area contributed by atoms with Crippen molar-refractivity contribution in [3.63, 3.8) is 0 Å². The maximum Gasteiger partial charge on any atom is 1.00 e. The number of hydrogen-bond acceptors (Lipinski definition) is 3. The van der Waals surface area contributed by atoms with Gasteiger partial charge < -0.3 is 9.97 Å². The molecule has 8 heteroatoms. The van der Waals surface area contributed by atoms with Gasteiger partial charge in [0.15, 0.2) is 0 Å². The van der Waals surface area contributed by atoms with E-state index >= 15 is 0 Å². The van der Waals surface area contributed by atoms with Crippen molar-refractivity contribution >= 4 is 27.1 Å². The van der Waals surface area contributed by atoms with Crippen LogP contribution in [0.25, 0.3) is 11.2 Å². The molecule has 0 bridgehead atoms. The molecule has 2 rings (SSSR count). The maximum atomic E-state index is 11.5. The largest absolute Gasteiger partial charge is 1.00 e. The Morgan fingerprint density at radius 2 is 1.87 bits per heavy atom. The van der Waals surface area contributed by atoms with Gasteiger partial charge in [0.2, 0.25) is 0 Å². The van der Waals surface area contributed by atoms with Gasteiger partial charge in [0.05, 0.1) is 0 Å². The number of nitrogens with zero attached hydrogens (tertiary/aromatic N) is 4. The van der Waals surface area contributed by atoms with Gasteiger partial charge in [0.1, 0.15) is 0 Å². The first-order valence-corrected chi connectivity index (χ1v) is 4.57. The van der Waals surface area contributed by atoms with Crippen LogP contribution in [0.3, 0.4) is 0 Å². The molecule has 0 aliphatic heterocycles. The van der Waals surface area contributed by atoms with Crippen LogP contribution in [-0.2, 0) is 14.1 Å². The summed E-state index contributed by atoms with van der Waals surface area (Å²) in [7, 11) is 2.96. The summed E-state index contributed by atoms with van der Waals surface area (Å²) in [5.41, 5.74) is -0.345. The summed E-state index contributed by atoms with van der Waals surface area (Å²) in [4.78, 5) is 30.8. The van der Waals surface area contributed by atoms with Gasteiger partial charge >= 0.3 is 57.1 Å². The minimum atomic E-state index is -0.429. The van der Waals surface area contributed by atoms with Crippen molar-refractivity contribution in [2.45, 2.75) is 0 Å². The van der Waals surface area contributed by atoms with Crippen molar-refractivity contribution in [2.75, 3.05) is 0 Å². The van der Waals surface area contributed by atoms with E-state index in [1.807, 2.05) is 0 Å². The number of halogens is 1. The van der Waals surface area contributed by atoms with E-state index in [2.05, 4.69) is 25.9 Å². The minimum Gasteiger partial charge on any atom is -0.424 e. The molecular weight excluding hydrogens is 291 g/mol. The second-order valence-electron chi connectivity index (χ2n) is 2.87. The molecule has 0 radical (unpaired) electrons. The Morgan fingerprint density at radius 1 is 1.27 bits per heavy atom. The Hall–Kier alpha value is 0.266. The molecule has 0 amide bonds. The topological polar surface area (TPSA) is 71.0 Å². The summed E-state index contributed by atoms with van der Waals surface area (Å²) < 4.78 is 2.60. The smallest absolute Gasteiger partial charge is 0.424 e. The van der Waals surface area contributed by atoms with Crippen molar-refractivity contribution in [3.05, 3.63) is 25.6 Å².